The number of fused-ring (bicyclic) bond motifs is 3. The second-order valence-corrected chi connectivity index (χ2v) is 6.48. The molecule has 3 saturated heterocycles. The summed E-state index contributed by atoms with van der Waals surface area (Å²) in [5.41, 5.74) is 2.26. The molecule has 4 heterocycles. The van der Waals surface area contributed by atoms with Gasteiger partial charge in [-0.2, -0.15) is 4.98 Å². The lowest BCUT2D eigenvalue weighted by Crippen LogP contribution is -2.48. The molecule has 2 aromatic rings. The summed E-state index contributed by atoms with van der Waals surface area (Å²) in [6, 6.07) is 8.25. The van der Waals surface area contributed by atoms with Crippen LogP contribution in [0.5, 0.6) is 0 Å². The zero-order valence-corrected chi connectivity index (χ0v) is 12.5. The van der Waals surface area contributed by atoms with E-state index in [1.54, 1.807) is 0 Å². The van der Waals surface area contributed by atoms with Gasteiger partial charge in [0, 0.05) is 18.5 Å². The second kappa shape index (κ2) is 5.26. The summed E-state index contributed by atoms with van der Waals surface area (Å²) in [6.45, 7) is 5.84. The Morgan fingerprint density at radius 3 is 2.86 bits per heavy atom. The van der Waals surface area contributed by atoms with Gasteiger partial charge in [-0.05, 0) is 50.8 Å². The molecule has 0 amide bonds. The largest absolute Gasteiger partial charge is 0.339 e. The highest BCUT2D eigenvalue weighted by Gasteiger charge is 2.34. The van der Waals surface area contributed by atoms with Crippen molar-refractivity contribution in [3.63, 3.8) is 0 Å². The zero-order valence-electron chi connectivity index (χ0n) is 12.5. The molecule has 2 bridgehead atoms. The number of aromatic nitrogens is 2. The van der Waals surface area contributed by atoms with Gasteiger partial charge in [-0.25, -0.2) is 0 Å². The fourth-order valence-corrected chi connectivity index (χ4v) is 3.78. The number of rotatable bonds is 3. The standard InChI is InChI=1S/C17H21N3O/c1-12-3-2-4-14(9-12)17-18-16(21-19-17)10-15-11-20-7-5-13(15)6-8-20/h2-4,9,13,15H,5-8,10-11H2,1H3. The summed E-state index contributed by atoms with van der Waals surface area (Å²) in [6.07, 6.45) is 3.60. The number of aryl methyl sites for hydroxylation is 1. The molecule has 5 rings (SSSR count). The molecule has 1 aromatic carbocycles. The van der Waals surface area contributed by atoms with Gasteiger partial charge in [0.15, 0.2) is 0 Å². The van der Waals surface area contributed by atoms with Crippen LogP contribution in [0.1, 0.15) is 24.3 Å². The lowest BCUT2D eigenvalue weighted by Gasteiger charge is -2.44. The Bertz CT molecular complexity index is 628. The predicted octanol–water partition coefficient (Wildman–Crippen LogP) is 2.93. The maximum Gasteiger partial charge on any atom is 0.227 e. The molecule has 0 N–H and O–H groups in total. The van der Waals surface area contributed by atoms with Gasteiger partial charge < -0.3 is 9.42 Å². The lowest BCUT2D eigenvalue weighted by atomic mass is 9.77. The number of hydrogen-bond donors (Lipinski definition) is 0. The SMILES string of the molecule is Cc1cccc(-c2noc(CC3CN4CCC3CC4)n2)c1. The summed E-state index contributed by atoms with van der Waals surface area (Å²) < 4.78 is 5.49. The van der Waals surface area contributed by atoms with E-state index in [1.165, 1.54) is 38.0 Å². The molecular weight excluding hydrogens is 262 g/mol. The van der Waals surface area contributed by atoms with E-state index in [1.807, 2.05) is 12.1 Å². The minimum absolute atomic E-state index is 0.693. The molecule has 0 saturated carbocycles. The van der Waals surface area contributed by atoms with Gasteiger partial charge in [0.25, 0.3) is 0 Å². The number of benzene rings is 1. The van der Waals surface area contributed by atoms with E-state index in [0.29, 0.717) is 5.92 Å². The van der Waals surface area contributed by atoms with Crippen molar-refractivity contribution in [1.29, 1.82) is 0 Å². The third-order valence-electron chi connectivity index (χ3n) is 4.97. The highest BCUT2D eigenvalue weighted by molar-refractivity contribution is 5.55. The maximum atomic E-state index is 5.49. The van der Waals surface area contributed by atoms with E-state index >= 15 is 0 Å². The zero-order chi connectivity index (χ0) is 14.2. The molecule has 1 aromatic heterocycles. The first-order valence-electron chi connectivity index (χ1n) is 7.90. The minimum Gasteiger partial charge on any atom is -0.339 e. The average Bonchev–Trinajstić information content (AvgIpc) is 2.97. The number of nitrogens with zero attached hydrogens (tertiary/aromatic N) is 3. The van der Waals surface area contributed by atoms with Crippen molar-refractivity contribution in [2.24, 2.45) is 11.8 Å². The molecule has 21 heavy (non-hydrogen) atoms. The van der Waals surface area contributed by atoms with Crippen molar-refractivity contribution in [3.05, 3.63) is 35.7 Å². The van der Waals surface area contributed by atoms with Crippen LogP contribution in [0.15, 0.2) is 28.8 Å². The van der Waals surface area contributed by atoms with E-state index in [4.69, 9.17) is 4.52 Å². The molecule has 0 spiro atoms. The Morgan fingerprint density at radius 2 is 2.14 bits per heavy atom. The van der Waals surface area contributed by atoms with Gasteiger partial charge in [-0.1, -0.05) is 28.9 Å². The third kappa shape index (κ3) is 2.60. The Hall–Kier alpha value is -1.68. The maximum absolute atomic E-state index is 5.49. The number of hydrogen-bond acceptors (Lipinski definition) is 4. The van der Waals surface area contributed by atoms with E-state index in [0.717, 1.165) is 29.6 Å². The fourth-order valence-electron chi connectivity index (χ4n) is 3.78. The van der Waals surface area contributed by atoms with Gasteiger partial charge in [-0.3, -0.25) is 0 Å². The third-order valence-corrected chi connectivity index (χ3v) is 4.97. The van der Waals surface area contributed by atoms with Crippen LogP contribution in [0.3, 0.4) is 0 Å². The molecule has 1 atom stereocenters. The van der Waals surface area contributed by atoms with Gasteiger partial charge in [0.05, 0.1) is 0 Å². The summed E-state index contributed by atoms with van der Waals surface area (Å²) in [7, 11) is 0. The van der Waals surface area contributed by atoms with E-state index < -0.39 is 0 Å². The quantitative estimate of drug-likeness (QED) is 0.868. The van der Waals surface area contributed by atoms with Crippen molar-refractivity contribution < 1.29 is 4.52 Å². The molecule has 3 fully saturated rings. The molecule has 110 valence electrons. The topological polar surface area (TPSA) is 42.2 Å². The predicted molar refractivity (Wildman–Crippen MR) is 80.8 cm³/mol. The van der Waals surface area contributed by atoms with Crippen LogP contribution in [0.2, 0.25) is 0 Å². The molecule has 3 aliphatic rings. The first-order chi connectivity index (χ1) is 10.3. The summed E-state index contributed by atoms with van der Waals surface area (Å²) in [5.74, 6) is 3.06. The molecule has 4 nitrogen and oxygen atoms in total. The van der Waals surface area contributed by atoms with Crippen LogP contribution in [0.4, 0.5) is 0 Å². The van der Waals surface area contributed by atoms with Crippen LogP contribution in [-0.2, 0) is 6.42 Å². The van der Waals surface area contributed by atoms with Crippen LogP contribution >= 0.6 is 0 Å². The molecule has 0 radical (unpaired) electrons. The highest BCUT2D eigenvalue weighted by Crippen LogP contribution is 2.34. The van der Waals surface area contributed by atoms with Crippen molar-refractivity contribution in [2.45, 2.75) is 26.2 Å². The molecular formula is C17H21N3O. The summed E-state index contributed by atoms with van der Waals surface area (Å²) in [5, 5.41) is 4.16. The molecule has 1 unspecified atom stereocenters. The van der Waals surface area contributed by atoms with Crippen molar-refractivity contribution in [2.75, 3.05) is 19.6 Å². The van der Waals surface area contributed by atoms with E-state index in [9.17, 15) is 0 Å². The Labute approximate surface area is 125 Å². The summed E-state index contributed by atoms with van der Waals surface area (Å²) in [4.78, 5) is 7.17. The first kappa shape index (κ1) is 13.0. The molecule has 0 aliphatic carbocycles. The van der Waals surface area contributed by atoms with E-state index in [-0.39, 0.29) is 0 Å². The van der Waals surface area contributed by atoms with Crippen molar-refractivity contribution in [3.8, 4) is 11.4 Å². The van der Waals surface area contributed by atoms with Crippen LogP contribution in [0, 0.1) is 18.8 Å². The average molecular weight is 283 g/mol. The van der Waals surface area contributed by atoms with Gasteiger partial charge >= 0.3 is 0 Å². The second-order valence-electron chi connectivity index (χ2n) is 6.48. The first-order valence-corrected chi connectivity index (χ1v) is 7.90. The fraction of sp³-hybridized carbons (Fsp3) is 0.529. The minimum atomic E-state index is 0.693. The number of piperidine rings is 3. The Balaban J connectivity index is 1.50. The Kier molecular flexibility index (Phi) is 3.26. The Morgan fingerprint density at radius 1 is 1.29 bits per heavy atom. The van der Waals surface area contributed by atoms with E-state index in [2.05, 4.69) is 34.1 Å². The van der Waals surface area contributed by atoms with Crippen LogP contribution in [-0.4, -0.2) is 34.7 Å². The molecule has 3 aliphatic heterocycles. The van der Waals surface area contributed by atoms with Crippen molar-refractivity contribution >= 4 is 0 Å². The van der Waals surface area contributed by atoms with Gasteiger partial charge in [0.1, 0.15) is 0 Å². The molecule has 4 heteroatoms. The van der Waals surface area contributed by atoms with Crippen LogP contribution < -0.4 is 0 Å². The lowest BCUT2D eigenvalue weighted by molar-refractivity contribution is 0.0473. The monoisotopic (exact) mass is 283 g/mol. The highest BCUT2D eigenvalue weighted by atomic mass is 16.5. The normalized spacial score (nSPS) is 28.0. The smallest absolute Gasteiger partial charge is 0.227 e. The van der Waals surface area contributed by atoms with Crippen LogP contribution in [0.25, 0.3) is 11.4 Å². The van der Waals surface area contributed by atoms with Crippen molar-refractivity contribution in [1.82, 2.24) is 15.0 Å². The summed E-state index contributed by atoms with van der Waals surface area (Å²) >= 11 is 0. The van der Waals surface area contributed by atoms with Gasteiger partial charge in [-0.15, -0.1) is 0 Å². The van der Waals surface area contributed by atoms with Gasteiger partial charge in [0.2, 0.25) is 11.7 Å².